The predicted octanol–water partition coefficient (Wildman–Crippen LogP) is 3.18. The molecule has 1 aromatic heterocycles. The van der Waals surface area contributed by atoms with E-state index in [-0.39, 0.29) is 23.7 Å². The van der Waals surface area contributed by atoms with Crippen LogP contribution in [0.2, 0.25) is 0 Å². The van der Waals surface area contributed by atoms with Gasteiger partial charge in [-0.1, -0.05) is 42.5 Å². The van der Waals surface area contributed by atoms with Crippen molar-refractivity contribution in [1.82, 2.24) is 15.3 Å². The molecule has 0 saturated heterocycles. The minimum atomic E-state index is -0.328. The topological polar surface area (TPSA) is 67.2 Å². The van der Waals surface area contributed by atoms with E-state index in [0.717, 1.165) is 22.5 Å². The highest BCUT2D eigenvalue weighted by atomic mass is 16.5. The largest absolute Gasteiger partial charge is 0.289 e. The van der Waals surface area contributed by atoms with Crippen LogP contribution in [-0.2, 0) is 4.79 Å². The Morgan fingerprint density at radius 3 is 2.20 bits per heavy atom. The molecule has 0 bridgehead atoms. The second-order valence-corrected chi connectivity index (χ2v) is 6.46. The van der Waals surface area contributed by atoms with E-state index in [9.17, 15) is 4.79 Å². The monoisotopic (exact) mass is 333 g/mol. The second kappa shape index (κ2) is 6.18. The van der Waals surface area contributed by atoms with Crippen molar-refractivity contribution in [3.63, 3.8) is 0 Å². The van der Waals surface area contributed by atoms with Gasteiger partial charge in [-0.2, -0.15) is 5.10 Å². The summed E-state index contributed by atoms with van der Waals surface area (Å²) >= 11 is 0. The van der Waals surface area contributed by atoms with E-state index in [1.54, 1.807) is 0 Å². The molecule has 1 aliphatic carbocycles. The molecule has 2 aromatic carbocycles. The summed E-state index contributed by atoms with van der Waals surface area (Å²) in [5.41, 5.74) is 5.98. The lowest BCUT2D eigenvalue weighted by molar-refractivity contribution is -0.130. The first-order valence-corrected chi connectivity index (χ1v) is 8.30. The van der Waals surface area contributed by atoms with Gasteiger partial charge in [0.15, 0.2) is 0 Å². The molecular formula is C20H19N3O2. The Morgan fingerprint density at radius 1 is 1.00 bits per heavy atom. The number of benzene rings is 2. The highest BCUT2D eigenvalue weighted by Gasteiger charge is 2.56. The molecule has 1 saturated carbocycles. The first-order valence-electron chi connectivity index (χ1n) is 8.30. The van der Waals surface area contributed by atoms with Crippen LogP contribution in [0, 0.1) is 12.8 Å². The Morgan fingerprint density at radius 2 is 1.64 bits per heavy atom. The lowest BCUT2D eigenvalue weighted by Gasteiger charge is -2.05. The van der Waals surface area contributed by atoms with Gasteiger partial charge in [-0.25, -0.2) is 10.2 Å². The Labute approximate surface area is 145 Å². The SMILES string of the molecule is Cc1ccn(-c2ccc(C3C(C(=O)NO)C3c3ccccc3)cc2)n1. The molecule has 0 spiro atoms. The lowest BCUT2D eigenvalue weighted by atomic mass is 10.0. The van der Waals surface area contributed by atoms with Crippen molar-refractivity contribution >= 4 is 5.91 Å². The fraction of sp³-hybridized carbons (Fsp3) is 0.200. The quantitative estimate of drug-likeness (QED) is 0.569. The zero-order valence-corrected chi connectivity index (χ0v) is 13.8. The molecule has 5 nitrogen and oxygen atoms in total. The molecule has 4 rings (SSSR count). The van der Waals surface area contributed by atoms with Crippen molar-refractivity contribution < 1.29 is 10.0 Å². The molecule has 1 aliphatic rings. The summed E-state index contributed by atoms with van der Waals surface area (Å²) in [7, 11) is 0. The van der Waals surface area contributed by atoms with Crippen molar-refractivity contribution in [3.05, 3.63) is 83.7 Å². The van der Waals surface area contributed by atoms with E-state index < -0.39 is 0 Å². The molecule has 3 unspecified atom stereocenters. The van der Waals surface area contributed by atoms with Gasteiger partial charge in [-0.3, -0.25) is 10.0 Å². The van der Waals surface area contributed by atoms with Crippen LogP contribution in [0.3, 0.4) is 0 Å². The van der Waals surface area contributed by atoms with Gasteiger partial charge in [-0.15, -0.1) is 0 Å². The molecule has 126 valence electrons. The maximum atomic E-state index is 12.1. The zero-order valence-electron chi connectivity index (χ0n) is 13.8. The molecule has 0 aliphatic heterocycles. The van der Waals surface area contributed by atoms with Gasteiger partial charge in [0.05, 0.1) is 17.3 Å². The third kappa shape index (κ3) is 2.83. The highest BCUT2D eigenvalue weighted by Crippen LogP contribution is 2.60. The number of carbonyl (C=O) groups is 1. The van der Waals surface area contributed by atoms with E-state index >= 15 is 0 Å². The average molecular weight is 333 g/mol. The van der Waals surface area contributed by atoms with Crippen LogP contribution >= 0.6 is 0 Å². The van der Waals surface area contributed by atoms with Crippen LogP contribution in [0.15, 0.2) is 66.9 Å². The van der Waals surface area contributed by atoms with Gasteiger partial charge < -0.3 is 0 Å². The van der Waals surface area contributed by atoms with Gasteiger partial charge >= 0.3 is 0 Å². The van der Waals surface area contributed by atoms with E-state index in [1.165, 1.54) is 0 Å². The van der Waals surface area contributed by atoms with Gasteiger partial charge in [0.1, 0.15) is 0 Å². The summed E-state index contributed by atoms with van der Waals surface area (Å²) in [6.07, 6.45) is 1.93. The Hall–Kier alpha value is -2.92. The summed E-state index contributed by atoms with van der Waals surface area (Å²) in [5, 5.41) is 13.5. The summed E-state index contributed by atoms with van der Waals surface area (Å²) in [4.78, 5) is 12.1. The summed E-state index contributed by atoms with van der Waals surface area (Å²) in [6.45, 7) is 1.96. The molecule has 1 fully saturated rings. The summed E-state index contributed by atoms with van der Waals surface area (Å²) in [5.74, 6) is -0.412. The molecule has 5 heteroatoms. The van der Waals surface area contributed by atoms with Crippen molar-refractivity contribution in [1.29, 1.82) is 0 Å². The van der Waals surface area contributed by atoms with Crippen LogP contribution in [-0.4, -0.2) is 20.9 Å². The van der Waals surface area contributed by atoms with Gasteiger partial charge in [-0.05, 0) is 36.2 Å². The van der Waals surface area contributed by atoms with Crippen LogP contribution in [0.5, 0.6) is 0 Å². The third-order valence-corrected chi connectivity index (χ3v) is 4.88. The molecule has 25 heavy (non-hydrogen) atoms. The molecule has 2 N–H and O–H groups in total. The van der Waals surface area contributed by atoms with Crippen molar-refractivity contribution in [2.75, 3.05) is 0 Å². The number of aryl methyl sites for hydroxylation is 1. The molecular weight excluding hydrogens is 314 g/mol. The summed E-state index contributed by atoms with van der Waals surface area (Å²) in [6, 6.07) is 20.0. The van der Waals surface area contributed by atoms with Crippen molar-refractivity contribution in [2.24, 2.45) is 5.92 Å². The van der Waals surface area contributed by atoms with E-state index in [1.807, 2.05) is 83.9 Å². The number of hydroxylamine groups is 1. The number of nitrogens with one attached hydrogen (secondary N) is 1. The standard InChI is InChI=1S/C20H19N3O2/c1-13-11-12-23(21-13)16-9-7-15(8-10-16)18-17(19(18)20(24)22-25)14-5-3-2-4-6-14/h2-12,17-19,25H,1H3,(H,22,24). The van der Waals surface area contributed by atoms with E-state index in [0.29, 0.717) is 0 Å². The van der Waals surface area contributed by atoms with Crippen molar-refractivity contribution in [3.8, 4) is 5.69 Å². The fourth-order valence-corrected chi connectivity index (χ4v) is 3.62. The number of hydrogen-bond donors (Lipinski definition) is 2. The zero-order chi connectivity index (χ0) is 17.4. The molecule has 1 heterocycles. The highest BCUT2D eigenvalue weighted by molar-refractivity contribution is 5.84. The number of rotatable bonds is 4. The van der Waals surface area contributed by atoms with Crippen LogP contribution < -0.4 is 5.48 Å². The fourth-order valence-electron chi connectivity index (χ4n) is 3.62. The van der Waals surface area contributed by atoms with Gasteiger partial charge in [0.25, 0.3) is 0 Å². The maximum Gasteiger partial charge on any atom is 0.247 e. The van der Waals surface area contributed by atoms with Crippen LogP contribution in [0.4, 0.5) is 0 Å². The van der Waals surface area contributed by atoms with Gasteiger partial charge in [0.2, 0.25) is 5.91 Å². The lowest BCUT2D eigenvalue weighted by Crippen LogP contribution is -2.21. The number of nitrogens with zero attached hydrogens (tertiary/aromatic N) is 2. The number of aromatic nitrogens is 2. The van der Waals surface area contributed by atoms with E-state index in [2.05, 4.69) is 5.10 Å². The van der Waals surface area contributed by atoms with Gasteiger partial charge in [0, 0.05) is 18.0 Å². The molecule has 0 radical (unpaired) electrons. The predicted molar refractivity (Wildman–Crippen MR) is 93.6 cm³/mol. The number of amides is 1. The van der Waals surface area contributed by atoms with E-state index in [4.69, 9.17) is 5.21 Å². The number of carbonyl (C=O) groups excluding carboxylic acids is 1. The summed E-state index contributed by atoms with van der Waals surface area (Å²) < 4.78 is 1.83. The maximum absolute atomic E-state index is 12.1. The minimum Gasteiger partial charge on any atom is -0.289 e. The average Bonchev–Trinajstić information content (AvgIpc) is 3.27. The normalized spacial score (nSPS) is 21.8. The smallest absolute Gasteiger partial charge is 0.247 e. The van der Waals surface area contributed by atoms with Crippen LogP contribution in [0.25, 0.3) is 5.69 Å². The second-order valence-electron chi connectivity index (χ2n) is 6.46. The third-order valence-electron chi connectivity index (χ3n) is 4.88. The first-order chi connectivity index (χ1) is 12.2. The Balaban J connectivity index is 1.62. The van der Waals surface area contributed by atoms with Crippen molar-refractivity contribution in [2.45, 2.75) is 18.8 Å². The molecule has 1 amide bonds. The molecule has 3 atom stereocenters. The Kier molecular flexibility index (Phi) is 3.86. The van der Waals surface area contributed by atoms with Crippen LogP contribution in [0.1, 0.15) is 28.7 Å². The Bertz CT molecular complexity index is 887. The minimum absolute atomic E-state index is 0.0722. The number of hydrogen-bond acceptors (Lipinski definition) is 3. The molecule has 3 aromatic rings. The first kappa shape index (κ1) is 15.6.